The van der Waals surface area contributed by atoms with E-state index < -0.39 is 0 Å². The smallest absolute Gasteiger partial charge is 0.0453 e. The highest BCUT2D eigenvalue weighted by atomic mass is 35.5. The number of hydrogen-bond acceptors (Lipinski definition) is 1. The van der Waals surface area contributed by atoms with Crippen LogP contribution >= 0.6 is 23.2 Å². The van der Waals surface area contributed by atoms with Gasteiger partial charge >= 0.3 is 0 Å². The van der Waals surface area contributed by atoms with Crippen LogP contribution in [0.15, 0.2) is 18.2 Å². The Hall–Kier alpha value is -0.240. The maximum Gasteiger partial charge on any atom is 0.0453 e. The molecule has 3 heteroatoms. The minimum absolute atomic E-state index is 0.0808. The highest BCUT2D eigenvalue weighted by molar-refractivity contribution is 6.35. The third-order valence-electron chi connectivity index (χ3n) is 3.47. The summed E-state index contributed by atoms with van der Waals surface area (Å²) in [5.41, 5.74) is 7.07. The maximum absolute atomic E-state index is 6.17. The molecule has 0 aliphatic rings. The lowest BCUT2D eigenvalue weighted by molar-refractivity contribution is 0.227. The van der Waals surface area contributed by atoms with E-state index in [1.807, 2.05) is 12.1 Å². The van der Waals surface area contributed by atoms with E-state index in [1.165, 1.54) is 0 Å². The Morgan fingerprint density at radius 2 is 1.94 bits per heavy atom. The second-order valence-electron chi connectivity index (χ2n) is 4.93. The number of hydrogen-bond donors (Lipinski definition) is 1. The molecule has 1 aromatic carbocycles. The second-order valence-corrected chi connectivity index (χ2v) is 5.77. The van der Waals surface area contributed by atoms with Gasteiger partial charge in [0.2, 0.25) is 0 Å². The molecular weight excluding hydrogens is 241 g/mol. The van der Waals surface area contributed by atoms with Crippen molar-refractivity contribution in [2.45, 2.75) is 27.2 Å². The van der Waals surface area contributed by atoms with E-state index >= 15 is 0 Å². The molecule has 0 spiro atoms. The molecule has 0 aromatic heterocycles. The van der Waals surface area contributed by atoms with Crippen molar-refractivity contribution >= 4 is 23.2 Å². The zero-order valence-corrected chi connectivity index (χ0v) is 11.6. The first-order valence-corrected chi connectivity index (χ1v) is 6.28. The van der Waals surface area contributed by atoms with E-state index in [2.05, 4.69) is 20.8 Å². The monoisotopic (exact) mass is 259 g/mol. The molecule has 2 N–H and O–H groups in total. The highest BCUT2D eigenvalue weighted by Gasteiger charge is 2.27. The van der Waals surface area contributed by atoms with Crippen LogP contribution in [-0.2, 0) is 6.42 Å². The van der Waals surface area contributed by atoms with E-state index in [0.717, 1.165) is 17.0 Å². The zero-order chi connectivity index (χ0) is 12.3. The van der Waals surface area contributed by atoms with Crippen molar-refractivity contribution in [3.63, 3.8) is 0 Å². The van der Waals surface area contributed by atoms with E-state index in [-0.39, 0.29) is 5.41 Å². The largest absolute Gasteiger partial charge is 0.330 e. The van der Waals surface area contributed by atoms with Gasteiger partial charge in [-0.1, -0.05) is 50.0 Å². The average molecular weight is 260 g/mol. The van der Waals surface area contributed by atoms with Gasteiger partial charge in [-0.05, 0) is 42.0 Å². The molecule has 0 aliphatic carbocycles. The van der Waals surface area contributed by atoms with Crippen LogP contribution < -0.4 is 5.73 Å². The molecule has 0 aliphatic heterocycles. The molecule has 0 bridgehead atoms. The summed E-state index contributed by atoms with van der Waals surface area (Å²) in [6, 6.07) is 5.65. The van der Waals surface area contributed by atoms with Gasteiger partial charge in [-0.25, -0.2) is 0 Å². The summed E-state index contributed by atoms with van der Waals surface area (Å²) >= 11 is 12.0. The summed E-state index contributed by atoms with van der Waals surface area (Å²) in [6.45, 7) is 7.24. The predicted molar refractivity (Wildman–Crippen MR) is 72.2 cm³/mol. The Balaban J connectivity index is 2.95. The molecule has 16 heavy (non-hydrogen) atoms. The highest BCUT2D eigenvalue weighted by Crippen LogP contribution is 2.33. The molecule has 1 aromatic rings. The summed E-state index contributed by atoms with van der Waals surface area (Å²) < 4.78 is 0. The Morgan fingerprint density at radius 3 is 2.38 bits per heavy atom. The first-order valence-electron chi connectivity index (χ1n) is 5.53. The maximum atomic E-state index is 6.17. The number of nitrogens with two attached hydrogens (primary N) is 1. The molecule has 0 saturated carbocycles. The molecule has 0 radical (unpaired) electrons. The molecule has 1 rings (SSSR count). The summed E-state index contributed by atoms with van der Waals surface area (Å²) in [5, 5.41) is 1.40. The van der Waals surface area contributed by atoms with Gasteiger partial charge in [0.1, 0.15) is 0 Å². The van der Waals surface area contributed by atoms with Gasteiger partial charge in [0.05, 0.1) is 0 Å². The summed E-state index contributed by atoms with van der Waals surface area (Å²) in [6.07, 6.45) is 0.886. The summed E-state index contributed by atoms with van der Waals surface area (Å²) in [5.74, 6) is 0.518. The van der Waals surface area contributed by atoms with Crippen molar-refractivity contribution in [1.82, 2.24) is 0 Å². The van der Waals surface area contributed by atoms with E-state index in [4.69, 9.17) is 28.9 Å². The summed E-state index contributed by atoms with van der Waals surface area (Å²) in [7, 11) is 0. The Morgan fingerprint density at radius 1 is 1.31 bits per heavy atom. The van der Waals surface area contributed by atoms with Crippen LogP contribution in [0.1, 0.15) is 26.3 Å². The molecule has 0 amide bonds. The van der Waals surface area contributed by atoms with Crippen LogP contribution in [0, 0.1) is 11.3 Å². The topological polar surface area (TPSA) is 26.0 Å². The van der Waals surface area contributed by atoms with E-state index in [9.17, 15) is 0 Å². The van der Waals surface area contributed by atoms with Crippen molar-refractivity contribution in [2.75, 3.05) is 6.54 Å². The third-order valence-corrected chi connectivity index (χ3v) is 4.06. The van der Waals surface area contributed by atoms with Crippen molar-refractivity contribution < 1.29 is 0 Å². The van der Waals surface area contributed by atoms with Crippen LogP contribution in [0.5, 0.6) is 0 Å². The van der Waals surface area contributed by atoms with Gasteiger partial charge in [-0.3, -0.25) is 0 Å². The van der Waals surface area contributed by atoms with Crippen LogP contribution in [-0.4, -0.2) is 6.54 Å². The van der Waals surface area contributed by atoms with Crippen molar-refractivity contribution in [1.29, 1.82) is 0 Å². The minimum atomic E-state index is 0.0808. The fourth-order valence-corrected chi connectivity index (χ4v) is 2.09. The van der Waals surface area contributed by atoms with Crippen molar-refractivity contribution in [2.24, 2.45) is 17.1 Å². The van der Waals surface area contributed by atoms with Gasteiger partial charge in [0.15, 0.2) is 0 Å². The van der Waals surface area contributed by atoms with Crippen LogP contribution in [0.2, 0.25) is 10.0 Å². The first-order chi connectivity index (χ1) is 7.39. The molecule has 1 atom stereocenters. The lowest BCUT2D eigenvalue weighted by atomic mass is 9.74. The normalized spacial score (nSPS) is 15.2. The lowest BCUT2D eigenvalue weighted by Gasteiger charge is -2.32. The Kier molecular flexibility index (Phi) is 4.66. The Labute approximate surface area is 108 Å². The standard InChI is InChI=1S/C13H19Cl2N/c1-9(2)13(3,8-16)7-10-4-5-11(14)6-12(10)15/h4-6,9H,7-8,16H2,1-3H3. The fraction of sp³-hybridized carbons (Fsp3) is 0.538. The van der Waals surface area contributed by atoms with Gasteiger partial charge in [-0.2, -0.15) is 0 Å². The molecule has 1 unspecified atom stereocenters. The summed E-state index contributed by atoms with van der Waals surface area (Å²) in [4.78, 5) is 0. The average Bonchev–Trinajstić information content (AvgIpc) is 2.22. The lowest BCUT2D eigenvalue weighted by Crippen LogP contribution is -2.34. The van der Waals surface area contributed by atoms with Crippen LogP contribution in [0.3, 0.4) is 0 Å². The number of halogens is 2. The zero-order valence-electron chi connectivity index (χ0n) is 10.1. The minimum Gasteiger partial charge on any atom is -0.330 e. The molecule has 0 saturated heterocycles. The van der Waals surface area contributed by atoms with Crippen LogP contribution in [0.4, 0.5) is 0 Å². The second kappa shape index (κ2) is 5.39. The molecule has 0 heterocycles. The first kappa shape index (κ1) is 13.8. The third kappa shape index (κ3) is 3.13. The molecular formula is C13H19Cl2N. The fourth-order valence-electron chi connectivity index (χ4n) is 1.61. The van der Waals surface area contributed by atoms with E-state index in [0.29, 0.717) is 17.5 Å². The van der Waals surface area contributed by atoms with Gasteiger partial charge in [0, 0.05) is 10.0 Å². The van der Waals surface area contributed by atoms with E-state index in [1.54, 1.807) is 6.07 Å². The molecule has 1 nitrogen and oxygen atoms in total. The number of rotatable bonds is 4. The van der Waals surface area contributed by atoms with Gasteiger partial charge < -0.3 is 5.73 Å². The van der Waals surface area contributed by atoms with Crippen LogP contribution in [0.25, 0.3) is 0 Å². The van der Waals surface area contributed by atoms with Gasteiger partial charge in [-0.15, -0.1) is 0 Å². The number of benzene rings is 1. The van der Waals surface area contributed by atoms with Crippen molar-refractivity contribution in [3.05, 3.63) is 33.8 Å². The molecule has 90 valence electrons. The Bertz CT molecular complexity index is 363. The quantitative estimate of drug-likeness (QED) is 0.864. The van der Waals surface area contributed by atoms with Crippen molar-refractivity contribution in [3.8, 4) is 0 Å². The molecule has 0 fully saturated rings. The van der Waals surface area contributed by atoms with Gasteiger partial charge in [0.25, 0.3) is 0 Å². The predicted octanol–water partition coefficient (Wildman–Crippen LogP) is 4.16. The SMILES string of the molecule is CC(C)C(C)(CN)Cc1ccc(Cl)cc1Cl.